The lowest BCUT2D eigenvalue weighted by atomic mass is 9.90. The van der Waals surface area contributed by atoms with Crippen molar-refractivity contribution >= 4 is 22.2 Å². The number of hydrogen-bond acceptors (Lipinski definition) is 5. The van der Waals surface area contributed by atoms with Crippen molar-refractivity contribution in [2.45, 2.75) is 78.0 Å². The van der Waals surface area contributed by atoms with Crippen molar-refractivity contribution in [3.63, 3.8) is 0 Å². The summed E-state index contributed by atoms with van der Waals surface area (Å²) in [7, 11) is 0. The summed E-state index contributed by atoms with van der Waals surface area (Å²) in [6, 6.07) is 15.8. The first-order valence-electron chi connectivity index (χ1n) is 13.6. The van der Waals surface area contributed by atoms with E-state index in [0.29, 0.717) is 30.7 Å². The van der Waals surface area contributed by atoms with E-state index in [1.165, 1.54) is 41.1 Å². The van der Waals surface area contributed by atoms with Gasteiger partial charge in [0.15, 0.2) is 0 Å². The van der Waals surface area contributed by atoms with Crippen LogP contribution in [0.4, 0.5) is 5.00 Å². The van der Waals surface area contributed by atoms with E-state index in [0.717, 1.165) is 36.3 Å². The second-order valence-electron chi connectivity index (χ2n) is 10.5. The molecule has 1 aromatic carbocycles. The van der Waals surface area contributed by atoms with Crippen LogP contribution >= 0.6 is 11.3 Å². The average molecular weight is 519 g/mol. The molecule has 1 amide bonds. The molecule has 1 aliphatic heterocycles. The second-order valence-corrected chi connectivity index (χ2v) is 11.6. The Balaban J connectivity index is 1.22. The van der Waals surface area contributed by atoms with Gasteiger partial charge in [0.25, 0.3) is 11.5 Å². The minimum absolute atomic E-state index is 0.0491. The lowest BCUT2D eigenvalue weighted by Gasteiger charge is -2.37. The van der Waals surface area contributed by atoms with Crippen LogP contribution in [0.25, 0.3) is 0 Å². The second kappa shape index (κ2) is 11.2. The molecule has 2 aliphatic rings. The van der Waals surface area contributed by atoms with Crippen LogP contribution < -0.4 is 15.8 Å². The average Bonchev–Trinajstić information content (AvgIpc) is 3.33. The zero-order chi connectivity index (χ0) is 25.9. The molecule has 3 aromatic rings. The molecule has 196 valence electrons. The van der Waals surface area contributed by atoms with Crippen LogP contribution in [0.1, 0.15) is 70.2 Å². The number of amides is 1. The Morgan fingerprint density at radius 3 is 2.54 bits per heavy atom. The van der Waals surface area contributed by atoms with E-state index in [9.17, 15) is 9.59 Å². The first kappa shape index (κ1) is 25.7. The van der Waals surface area contributed by atoms with Gasteiger partial charge < -0.3 is 20.1 Å². The van der Waals surface area contributed by atoms with E-state index in [1.54, 1.807) is 11.3 Å². The van der Waals surface area contributed by atoms with Crippen LogP contribution in [0.2, 0.25) is 0 Å². The fourth-order valence-electron chi connectivity index (χ4n) is 5.89. The molecule has 2 aromatic heterocycles. The van der Waals surface area contributed by atoms with Gasteiger partial charge in [-0.3, -0.25) is 9.59 Å². The SMILES string of the molecule is CCN(c1cc2c(s1)CCN(Cc1c(C)cc(C)[nH]c1=O)C2=O)[C@H]1CC[C@H](NCc2ccccc2)CC1. The van der Waals surface area contributed by atoms with E-state index in [1.807, 2.05) is 24.8 Å². The van der Waals surface area contributed by atoms with Gasteiger partial charge in [0, 0.05) is 54.3 Å². The lowest BCUT2D eigenvalue weighted by molar-refractivity contribution is 0.0728. The Morgan fingerprint density at radius 2 is 1.84 bits per heavy atom. The van der Waals surface area contributed by atoms with Gasteiger partial charge in [-0.1, -0.05) is 30.3 Å². The predicted molar refractivity (Wildman–Crippen MR) is 152 cm³/mol. The van der Waals surface area contributed by atoms with E-state index in [-0.39, 0.29) is 11.5 Å². The van der Waals surface area contributed by atoms with Crippen molar-refractivity contribution in [1.82, 2.24) is 15.2 Å². The summed E-state index contributed by atoms with van der Waals surface area (Å²) in [5.74, 6) is 0.0491. The number of fused-ring (bicyclic) bond motifs is 1. The fourth-order valence-corrected chi connectivity index (χ4v) is 7.17. The largest absolute Gasteiger partial charge is 0.361 e. The normalized spacial score (nSPS) is 19.6. The Kier molecular flexibility index (Phi) is 7.81. The van der Waals surface area contributed by atoms with E-state index in [4.69, 9.17) is 0 Å². The maximum absolute atomic E-state index is 13.4. The fraction of sp³-hybridized carbons (Fsp3) is 0.467. The Labute approximate surface area is 223 Å². The molecule has 6 nitrogen and oxygen atoms in total. The number of nitrogens with zero attached hydrogens (tertiary/aromatic N) is 2. The van der Waals surface area contributed by atoms with Crippen LogP contribution in [0.5, 0.6) is 0 Å². The van der Waals surface area contributed by atoms with Crippen molar-refractivity contribution in [1.29, 1.82) is 0 Å². The monoisotopic (exact) mass is 518 g/mol. The molecule has 0 spiro atoms. The molecule has 2 N–H and O–H groups in total. The highest BCUT2D eigenvalue weighted by molar-refractivity contribution is 7.16. The minimum atomic E-state index is -0.0897. The molecule has 3 heterocycles. The number of H-pyrrole nitrogens is 1. The maximum Gasteiger partial charge on any atom is 0.255 e. The summed E-state index contributed by atoms with van der Waals surface area (Å²) < 4.78 is 0. The van der Waals surface area contributed by atoms with Gasteiger partial charge in [0.1, 0.15) is 0 Å². The van der Waals surface area contributed by atoms with Crippen LogP contribution in [-0.2, 0) is 19.5 Å². The zero-order valence-electron chi connectivity index (χ0n) is 22.2. The van der Waals surface area contributed by atoms with Crippen LogP contribution in [0.15, 0.2) is 47.3 Å². The summed E-state index contributed by atoms with van der Waals surface area (Å²) in [6.07, 6.45) is 5.53. The van der Waals surface area contributed by atoms with Crippen molar-refractivity contribution in [3.8, 4) is 0 Å². The van der Waals surface area contributed by atoms with Crippen molar-refractivity contribution in [3.05, 3.63) is 85.6 Å². The number of benzene rings is 1. The quantitative estimate of drug-likeness (QED) is 0.431. The number of aromatic amines is 1. The van der Waals surface area contributed by atoms with Crippen molar-refractivity contribution in [2.75, 3.05) is 18.0 Å². The first-order valence-corrected chi connectivity index (χ1v) is 14.4. The summed E-state index contributed by atoms with van der Waals surface area (Å²) in [5, 5.41) is 4.96. The molecule has 0 saturated heterocycles. The van der Waals surface area contributed by atoms with E-state index in [2.05, 4.69) is 58.5 Å². The molecule has 0 unspecified atom stereocenters. The highest BCUT2D eigenvalue weighted by Gasteiger charge is 2.31. The predicted octanol–water partition coefficient (Wildman–Crippen LogP) is 5.18. The number of anilines is 1. The van der Waals surface area contributed by atoms with Gasteiger partial charge in [-0.25, -0.2) is 0 Å². The van der Waals surface area contributed by atoms with E-state index >= 15 is 0 Å². The molecule has 1 aliphatic carbocycles. The van der Waals surface area contributed by atoms with Crippen molar-refractivity contribution < 1.29 is 4.79 Å². The minimum Gasteiger partial charge on any atom is -0.361 e. The molecule has 1 saturated carbocycles. The number of pyridine rings is 1. The van der Waals surface area contributed by atoms with Gasteiger partial charge in [-0.05, 0) is 69.7 Å². The molecule has 37 heavy (non-hydrogen) atoms. The maximum atomic E-state index is 13.4. The number of aryl methyl sites for hydroxylation is 2. The number of rotatable bonds is 8. The number of carbonyl (C=O) groups excluding carboxylic acids is 1. The standard InChI is InChI=1S/C30H38N4O2S/c1-4-34(24-12-10-23(11-13-24)31-18-22-8-6-5-7-9-22)28-17-25-27(37-28)14-15-33(30(25)36)19-26-20(2)16-21(3)32-29(26)35/h5-9,16-17,23-24,31H,4,10-15,18-19H2,1-3H3,(H,32,35)/t23-,24-. The topological polar surface area (TPSA) is 68.4 Å². The van der Waals surface area contributed by atoms with Crippen LogP contribution in [0, 0.1) is 13.8 Å². The van der Waals surface area contributed by atoms with E-state index < -0.39 is 0 Å². The number of aromatic nitrogens is 1. The van der Waals surface area contributed by atoms with Gasteiger partial charge in [0.05, 0.1) is 17.1 Å². The first-order chi connectivity index (χ1) is 17.9. The highest BCUT2D eigenvalue weighted by Crippen LogP contribution is 2.37. The summed E-state index contributed by atoms with van der Waals surface area (Å²) in [4.78, 5) is 34.4. The zero-order valence-corrected chi connectivity index (χ0v) is 23.0. The third kappa shape index (κ3) is 5.68. The smallest absolute Gasteiger partial charge is 0.255 e. The third-order valence-corrected chi connectivity index (χ3v) is 9.20. The lowest BCUT2D eigenvalue weighted by Crippen LogP contribution is -2.42. The molecule has 0 bridgehead atoms. The molecule has 5 rings (SSSR count). The third-order valence-electron chi connectivity index (χ3n) is 7.96. The number of thiophene rings is 1. The number of nitrogens with one attached hydrogen (secondary N) is 2. The summed E-state index contributed by atoms with van der Waals surface area (Å²) in [5.41, 5.74) is 4.55. The molecule has 1 fully saturated rings. The number of hydrogen-bond donors (Lipinski definition) is 2. The highest BCUT2D eigenvalue weighted by atomic mass is 32.1. The van der Waals surface area contributed by atoms with Crippen LogP contribution in [-0.4, -0.2) is 41.0 Å². The molecular weight excluding hydrogens is 480 g/mol. The van der Waals surface area contributed by atoms with Gasteiger partial charge in [0.2, 0.25) is 0 Å². The molecule has 0 radical (unpaired) electrons. The number of carbonyl (C=O) groups is 1. The Hall–Kier alpha value is -2.90. The molecule has 7 heteroatoms. The molecule has 0 atom stereocenters. The van der Waals surface area contributed by atoms with Crippen LogP contribution in [0.3, 0.4) is 0 Å². The Morgan fingerprint density at radius 1 is 1.08 bits per heavy atom. The summed E-state index contributed by atoms with van der Waals surface area (Å²) >= 11 is 1.79. The van der Waals surface area contributed by atoms with Gasteiger partial charge in [-0.15, -0.1) is 11.3 Å². The summed E-state index contributed by atoms with van der Waals surface area (Å²) in [6.45, 7) is 8.95. The van der Waals surface area contributed by atoms with Gasteiger partial charge in [-0.2, -0.15) is 0 Å². The van der Waals surface area contributed by atoms with Crippen molar-refractivity contribution in [2.24, 2.45) is 0 Å². The Bertz CT molecular complexity index is 1290. The molecular formula is C30H38N4O2S. The van der Waals surface area contributed by atoms with Gasteiger partial charge >= 0.3 is 0 Å².